The zero-order valence-electron chi connectivity index (χ0n) is 10.6. The van der Waals surface area contributed by atoms with E-state index in [0.29, 0.717) is 16.7 Å². The number of ether oxygens (including phenoxy) is 1. The Morgan fingerprint density at radius 1 is 1.16 bits per heavy atom. The van der Waals surface area contributed by atoms with Crippen molar-refractivity contribution in [1.82, 2.24) is 0 Å². The van der Waals surface area contributed by atoms with Crippen LogP contribution in [0.4, 0.5) is 0 Å². The van der Waals surface area contributed by atoms with Crippen LogP contribution in [-0.4, -0.2) is 0 Å². The van der Waals surface area contributed by atoms with E-state index in [1.807, 2.05) is 37.3 Å². The van der Waals surface area contributed by atoms with Gasteiger partial charge in [0.1, 0.15) is 12.4 Å². The van der Waals surface area contributed by atoms with Gasteiger partial charge in [-0.2, -0.15) is 0 Å². The van der Waals surface area contributed by atoms with Crippen molar-refractivity contribution in [3.05, 3.63) is 63.6 Å². The number of hydrogen-bond acceptors (Lipinski definition) is 2. The highest BCUT2D eigenvalue weighted by atomic mass is 35.5. The molecule has 19 heavy (non-hydrogen) atoms. The summed E-state index contributed by atoms with van der Waals surface area (Å²) in [6.45, 7) is 2.32. The van der Waals surface area contributed by atoms with Gasteiger partial charge in [0.05, 0.1) is 0 Å². The molecule has 1 atom stereocenters. The van der Waals surface area contributed by atoms with Crippen molar-refractivity contribution in [2.75, 3.05) is 0 Å². The van der Waals surface area contributed by atoms with E-state index in [4.69, 9.17) is 33.7 Å². The lowest BCUT2D eigenvalue weighted by atomic mass is 10.1. The number of rotatable bonds is 4. The molecule has 0 spiro atoms. The fraction of sp³-hybridized carbons (Fsp3) is 0.200. The molecule has 4 heteroatoms. The van der Waals surface area contributed by atoms with E-state index in [1.165, 1.54) is 0 Å². The van der Waals surface area contributed by atoms with Crippen molar-refractivity contribution in [2.24, 2.45) is 5.73 Å². The van der Waals surface area contributed by atoms with Gasteiger partial charge < -0.3 is 10.5 Å². The fourth-order valence-corrected chi connectivity index (χ4v) is 2.25. The van der Waals surface area contributed by atoms with Crippen LogP contribution in [0.5, 0.6) is 5.75 Å². The Morgan fingerprint density at radius 2 is 1.89 bits per heavy atom. The Kier molecular flexibility index (Phi) is 4.70. The second-order valence-corrected chi connectivity index (χ2v) is 5.19. The molecule has 0 aromatic heterocycles. The van der Waals surface area contributed by atoms with Crippen LogP contribution in [0.3, 0.4) is 0 Å². The average molecular weight is 296 g/mol. The number of halogens is 2. The first kappa shape index (κ1) is 14.2. The fourth-order valence-electron chi connectivity index (χ4n) is 1.78. The van der Waals surface area contributed by atoms with E-state index in [-0.39, 0.29) is 6.04 Å². The van der Waals surface area contributed by atoms with Gasteiger partial charge in [-0.15, -0.1) is 0 Å². The maximum atomic E-state index is 6.11. The lowest BCUT2D eigenvalue weighted by Crippen LogP contribution is -2.08. The third kappa shape index (κ3) is 3.63. The smallest absolute Gasteiger partial charge is 0.124 e. The molecular weight excluding hydrogens is 281 g/mol. The Labute approximate surface area is 123 Å². The van der Waals surface area contributed by atoms with E-state index in [9.17, 15) is 0 Å². The summed E-state index contributed by atoms with van der Waals surface area (Å²) in [4.78, 5) is 0. The van der Waals surface area contributed by atoms with Crippen LogP contribution in [0, 0.1) is 0 Å². The molecule has 2 aromatic carbocycles. The lowest BCUT2D eigenvalue weighted by Gasteiger charge is -2.14. The summed E-state index contributed by atoms with van der Waals surface area (Å²) in [5.74, 6) is 0.781. The highest BCUT2D eigenvalue weighted by molar-refractivity contribution is 6.35. The molecule has 1 unspecified atom stereocenters. The third-order valence-electron chi connectivity index (χ3n) is 2.81. The van der Waals surface area contributed by atoms with Gasteiger partial charge >= 0.3 is 0 Å². The Hall–Kier alpha value is -1.22. The lowest BCUT2D eigenvalue weighted by molar-refractivity contribution is 0.301. The Balaban J connectivity index is 2.14. The summed E-state index contributed by atoms with van der Waals surface area (Å²) in [6, 6.07) is 13.0. The molecule has 2 nitrogen and oxygen atoms in total. The minimum Gasteiger partial charge on any atom is -0.489 e. The van der Waals surface area contributed by atoms with E-state index < -0.39 is 0 Å². The molecular formula is C15H15Cl2NO. The molecule has 0 aliphatic carbocycles. The predicted octanol–water partition coefficient (Wildman–Crippen LogP) is 4.59. The van der Waals surface area contributed by atoms with Crippen LogP contribution >= 0.6 is 23.2 Å². The molecule has 2 aromatic rings. The summed E-state index contributed by atoms with van der Waals surface area (Å²) < 4.78 is 5.80. The van der Waals surface area contributed by atoms with Crippen LogP contribution in [0.2, 0.25) is 10.0 Å². The molecule has 0 bridgehead atoms. The van der Waals surface area contributed by atoms with Crippen LogP contribution in [0.1, 0.15) is 24.1 Å². The number of nitrogens with two attached hydrogens (primary N) is 1. The van der Waals surface area contributed by atoms with Gasteiger partial charge in [0, 0.05) is 27.2 Å². The molecule has 0 amide bonds. The zero-order chi connectivity index (χ0) is 13.8. The van der Waals surface area contributed by atoms with Crippen molar-refractivity contribution >= 4 is 23.2 Å². The normalized spacial score (nSPS) is 12.2. The molecule has 0 fully saturated rings. The van der Waals surface area contributed by atoms with E-state index in [1.54, 1.807) is 12.1 Å². The highest BCUT2D eigenvalue weighted by Gasteiger charge is 2.08. The molecule has 100 valence electrons. The van der Waals surface area contributed by atoms with Gasteiger partial charge in [-0.25, -0.2) is 0 Å². The maximum absolute atomic E-state index is 6.11. The number of hydrogen-bond donors (Lipinski definition) is 1. The van der Waals surface area contributed by atoms with Crippen LogP contribution < -0.4 is 10.5 Å². The predicted molar refractivity (Wildman–Crippen MR) is 79.8 cm³/mol. The van der Waals surface area contributed by atoms with Gasteiger partial charge in [-0.1, -0.05) is 47.5 Å². The molecule has 0 aliphatic heterocycles. The molecule has 0 radical (unpaired) electrons. The molecule has 2 N–H and O–H groups in total. The van der Waals surface area contributed by atoms with Gasteiger partial charge in [-0.3, -0.25) is 0 Å². The van der Waals surface area contributed by atoms with Gasteiger partial charge in [-0.05, 0) is 25.1 Å². The van der Waals surface area contributed by atoms with E-state index >= 15 is 0 Å². The number of benzene rings is 2. The third-order valence-corrected chi connectivity index (χ3v) is 3.39. The van der Waals surface area contributed by atoms with Crippen molar-refractivity contribution in [3.8, 4) is 5.75 Å². The average Bonchev–Trinajstić information content (AvgIpc) is 2.38. The van der Waals surface area contributed by atoms with Crippen LogP contribution in [0.25, 0.3) is 0 Å². The van der Waals surface area contributed by atoms with Gasteiger partial charge in [0.25, 0.3) is 0 Å². The highest BCUT2D eigenvalue weighted by Crippen LogP contribution is 2.26. The summed E-state index contributed by atoms with van der Waals surface area (Å²) in [5.41, 5.74) is 7.78. The molecule has 0 aliphatic rings. The first-order valence-electron chi connectivity index (χ1n) is 5.99. The van der Waals surface area contributed by atoms with E-state index in [2.05, 4.69) is 0 Å². The van der Waals surface area contributed by atoms with Crippen molar-refractivity contribution in [3.63, 3.8) is 0 Å². The Bertz CT molecular complexity index is 570. The molecule has 2 rings (SSSR count). The van der Waals surface area contributed by atoms with Crippen molar-refractivity contribution in [1.29, 1.82) is 0 Å². The number of para-hydroxylation sites is 1. The van der Waals surface area contributed by atoms with Crippen LogP contribution in [-0.2, 0) is 6.61 Å². The Morgan fingerprint density at radius 3 is 2.58 bits per heavy atom. The first-order chi connectivity index (χ1) is 9.08. The van der Waals surface area contributed by atoms with E-state index in [0.717, 1.165) is 16.9 Å². The monoisotopic (exact) mass is 295 g/mol. The minimum atomic E-state index is -0.0723. The summed E-state index contributed by atoms with van der Waals surface area (Å²) >= 11 is 12.0. The van der Waals surface area contributed by atoms with Crippen LogP contribution in [0.15, 0.2) is 42.5 Å². The zero-order valence-corrected chi connectivity index (χ0v) is 12.1. The molecule has 0 saturated heterocycles. The standard InChI is InChI=1S/C15H15Cl2NO/c1-10(18)13-4-2-3-5-15(13)19-9-11-6-7-12(16)8-14(11)17/h2-8,10H,9,18H2,1H3. The second kappa shape index (κ2) is 6.29. The summed E-state index contributed by atoms with van der Waals surface area (Å²) in [7, 11) is 0. The summed E-state index contributed by atoms with van der Waals surface area (Å²) in [5, 5.41) is 1.22. The van der Waals surface area contributed by atoms with Gasteiger partial charge in [0.2, 0.25) is 0 Å². The first-order valence-corrected chi connectivity index (χ1v) is 6.74. The molecule has 0 saturated carbocycles. The molecule has 0 heterocycles. The minimum absolute atomic E-state index is 0.0723. The topological polar surface area (TPSA) is 35.2 Å². The maximum Gasteiger partial charge on any atom is 0.124 e. The van der Waals surface area contributed by atoms with Gasteiger partial charge in [0.15, 0.2) is 0 Å². The largest absolute Gasteiger partial charge is 0.489 e. The van der Waals surface area contributed by atoms with Crippen molar-refractivity contribution in [2.45, 2.75) is 19.6 Å². The summed E-state index contributed by atoms with van der Waals surface area (Å²) in [6.07, 6.45) is 0. The van der Waals surface area contributed by atoms with Crippen molar-refractivity contribution < 1.29 is 4.74 Å². The second-order valence-electron chi connectivity index (χ2n) is 4.35. The quantitative estimate of drug-likeness (QED) is 0.895. The SMILES string of the molecule is CC(N)c1ccccc1OCc1ccc(Cl)cc1Cl.